The summed E-state index contributed by atoms with van der Waals surface area (Å²) in [4.78, 5) is 4.13. The standard InChI is InChI=1S/C12H10F3N3O2/c13-12(14,15)19-9-4-2-1-3-8(9)10-17-11(20-18-10)7-5-16-6-7/h1-4,7,16H,5-6H2. The molecular formula is C12H10F3N3O2. The van der Waals surface area contributed by atoms with Crippen LogP contribution in [0.1, 0.15) is 11.8 Å². The van der Waals surface area contributed by atoms with Crippen LogP contribution in [0.3, 0.4) is 0 Å². The second-order valence-corrected chi connectivity index (χ2v) is 4.36. The quantitative estimate of drug-likeness (QED) is 0.937. The van der Waals surface area contributed by atoms with E-state index >= 15 is 0 Å². The Morgan fingerprint density at radius 1 is 1.25 bits per heavy atom. The van der Waals surface area contributed by atoms with Crippen molar-refractivity contribution in [2.24, 2.45) is 0 Å². The van der Waals surface area contributed by atoms with Gasteiger partial charge in [-0.25, -0.2) is 0 Å². The zero-order chi connectivity index (χ0) is 14.2. The Morgan fingerprint density at radius 3 is 2.65 bits per heavy atom. The van der Waals surface area contributed by atoms with Crippen molar-refractivity contribution in [3.05, 3.63) is 30.2 Å². The van der Waals surface area contributed by atoms with Crippen molar-refractivity contribution in [1.29, 1.82) is 0 Å². The first kappa shape index (κ1) is 12.9. The van der Waals surface area contributed by atoms with Gasteiger partial charge in [-0.15, -0.1) is 13.2 Å². The Hall–Kier alpha value is -2.09. The van der Waals surface area contributed by atoms with E-state index in [1.807, 2.05) is 0 Å². The second-order valence-electron chi connectivity index (χ2n) is 4.36. The molecule has 0 bridgehead atoms. The van der Waals surface area contributed by atoms with Gasteiger partial charge in [0.05, 0.1) is 11.5 Å². The fourth-order valence-electron chi connectivity index (χ4n) is 1.84. The average Bonchev–Trinajstić information content (AvgIpc) is 2.74. The van der Waals surface area contributed by atoms with E-state index in [9.17, 15) is 13.2 Å². The van der Waals surface area contributed by atoms with Crippen LogP contribution in [0.4, 0.5) is 13.2 Å². The van der Waals surface area contributed by atoms with Crippen molar-refractivity contribution in [3.8, 4) is 17.1 Å². The third kappa shape index (κ3) is 2.60. The lowest BCUT2D eigenvalue weighted by atomic mass is 10.0. The smallest absolute Gasteiger partial charge is 0.405 e. The SMILES string of the molecule is FC(F)(F)Oc1ccccc1-c1noc(C2CNC2)n1. The molecule has 1 aromatic heterocycles. The molecule has 0 spiro atoms. The van der Waals surface area contributed by atoms with Gasteiger partial charge in [-0.3, -0.25) is 0 Å². The normalized spacial score (nSPS) is 15.9. The van der Waals surface area contributed by atoms with Gasteiger partial charge in [0.2, 0.25) is 11.7 Å². The highest BCUT2D eigenvalue weighted by Gasteiger charge is 2.33. The Balaban J connectivity index is 1.91. The number of nitrogens with one attached hydrogen (secondary N) is 1. The number of aromatic nitrogens is 2. The minimum absolute atomic E-state index is 0.0896. The number of halogens is 3. The van der Waals surface area contributed by atoms with Crippen molar-refractivity contribution in [3.63, 3.8) is 0 Å². The van der Waals surface area contributed by atoms with E-state index in [-0.39, 0.29) is 23.1 Å². The highest BCUT2D eigenvalue weighted by Crippen LogP contribution is 2.32. The molecule has 1 N–H and O–H groups in total. The monoisotopic (exact) mass is 285 g/mol. The third-order valence-electron chi connectivity index (χ3n) is 2.93. The first-order chi connectivity index (χ1) is 9.53. The highest BCUT2D eigenvalue weighted by atomic mass is 19.4. The molecule has 8 heteroatoms. The number of para-hydroxylation sites is 1. The second kappa shape index (κ2) is 4.78. The predicted molar refractivity (Wildman–Crippen MR) is 62.0 cm³/mol. The van der Waals surface area contributed by atoms with Gasteiger partial charge in [0, 0.05) is 13.1 Å². The molecule has 0 radical (unpaired) electrons. The van der Waals surface area contributed by atoms with Crippen LogP contribution in [-0.2, 0) is 0 Å². The average molecular weight is 285 g/mol. The summed E-state index contributed by atoms with van der Waals surface area (Å²) < 4.78 is 46.1. The lowest BCUT2D eigenvalue weighted by Gasteiger charge is -2.22. The maximum absolute atomic E-state index is 12.3. The number of rotatable bonds is 3. The summed E-state index contributed by atoms with van der Waals surface area (Å²) in [5.74, 6) is 0.276. The number of ether oxygens (including phenoxy) is 1. The molecule has 1 aliphatic rings. The van der Waals surface area contributed by atoms with Gasteiger partial charge in [-0.2, -0.15) is 4.98 Å². The number of alkyl halides is 3. The molecule has 3 rings (SSSR count). The Bertz CT molecular complexity index is 608. The van der Waals surface area contributed by atoms with Crippen LogP contribution in [-0.4, -0.2) is 29.6 Å². The van der Waals surface area contributed by atoms with E-state index in [1.54, 1.807) is 6.07 Å². The van der Waals surface area contributed by atoms with E-state index in [4.69, 9.17) is 4.52 Å². The number of nitrogens with zero attached hydrogens (tertiary/aromatic N) is 2. The van der Waals surface area contributed by atoms with E-state index in [2.05, 4.69) is 20.2 Å². The van der Waals surface area contributed by atoms with Crippen molar-refractivity contribution in [2.75, 3.05) is 13.1 Å². The van der Waals surface area contributed by atoms with E-state index in [1.165, 1.54) is 18.2 Å². The minimum Gasteiger partial charge on any atom is -0.405 e. The van der Waals surface area contributed by atoms with Crippen LogP contribution in [0, 0.1) is 0 Å². The molecule has 2 heterocycles. The molecule has 1 aliphatic heterocycles. The maximum Gasteiger partial charge on any atom is 0.573 e. The lowest BCUT2D eigenvalue weighted by Crippen LogP contribution is -2.40. The molecular weight excluding hydrogens is 275 g/mol. The molecule has 1 aromatic carbocycles. The fourth-order valence-corrected chi connectivity index (χ4v) is 1.84. The summed E-state index contributed by atoms with van der Waals surface area (Å²) in [6, 6.07) is 5.69. The highest BCUT2D eigenvalue weighted by molar-refractivity contribution is 5.63. The molecule has 1 saturated heterocycles. The molecule has 0 unspecified atom stereocenters. The zero-order valence-electron chi connectivity index (χ0n) is 10.1. The molecule has 0 amide bonds. The van der Waals surface area contributed by atoms with Crippen LogP contribution in [0.2, 0.25) is 0 Å². The molecule has 5 nitrogen and oxygen atoms in total. The lowest BCUT2D eigenvalue weighted by molar-refractivity contribution is -0.274. The fraction of sp³-hybridized carbons (Fsp3) is 0.333. The van der Waals surface area contributed by atoms with Gasteiger partial charge in [-0.05, 0) is 12.1 Å². The molecule has 0 aliphatic carbocycles. The molecule has 20 heavy (non-hydrogen) atoms. The Kier molecular flexibility index (Phi) is 3.09. The third-order valence-corrected chi connectivity index (χ3v) is 2.93. The summed E-state index contributed by atoms with van der Waals surface area (Å²) in [7, 11) is 0. The van der Waals surface area contributed by atoms with E-state index < -0.39 is 6.36 Å². The predicted octanol–water partition coefficient (Wildman–Crippen LogP) is 2.32. The van der Waals surface area contributed by atoms with E-state index in [0.717, 1.165) is 13.1 Å². The first-order valence-corrected chi connectivity index (χ1v) is 5.92. The molecule has 0 saturated carbocycles. The van der Waals surface area contributed by atoms with Crippen LogP contribution in [0.15, 0.2) is 28.8 Å². The largest absolute Gasteiger partial charge is 0.573 e. The van der Waals surface area contributed by atoms with Crippen LogP contribution in [0.25, 0.3) is 11.4 Å². The summed E-state index contributed by atoms with van der Waals surface area (Å²) in [6.07, 6.45) is -4.76. The Morgan fingerprint density at radius 2 is 2.00 bits per heavy atom. The molecule has 106 valence electrons. The van der Waals surface area contributed by atoms with Crippen molar-refractivity contribution in [2.45, 2.75) is 12.3 Å². The molecule has 0 atom stereocenters. The topological polar surface area (TPSA) is 60.2 Å². The van der Waals surface area contributed by atoms with Gasteiger partial charge in [0.15, 0.2) is 0 Å². The van der Waals surface area contributed by atoms with Crippen LogP contribution >= 0.6 is 0 Å². The first-order valence-electron chi connectivity index (χ1n) is 5.92. The van der Waals surface area contributed by atoms with Crippen molar-refractivity contribution >= 4 is 0 Å². The number of hydrogen-bond donors (Lipinski definition) is 1. The van der Waals surface area contributed by atoms with Crippen molar-refractivity contribution < 1.29 is 22.4 Å². The van der Waals surface area contributed by atoms with Gasteiger partial charge >= 0.3 is 6.36 Å². The van der Waals surface area contributed by atoms with Gasteiger partial charge < -0.3 is 14.6 Å². The Labute approximate surface area is 111 Å². The van der Waals surface area contributed by atoms with Crippen molar-refractivity contribution in [1.82, 2.24) is 15.5 Å². The molecule has 2 aromatic rings. The minimum atomic E-state index is -4.76. The summed E-state index contributed by atoms with van der Waals surface area (Å²) in [5, 5.41) is 6.77. The summed E-state index contributed by atoms with van der Waals surface area (Å²) >= 11 is 0. The zero-order valence-corrected chi connectivity index (χ0v) is 10.1. The van der Waals surface area contributed by atoms with Gasteiger partial charge in [0.25, 0.3) is 0 Å². The van der Waals surface area contributed by atoms with Gasteiger partial charge in [0.1, 0.15) is 5.75 Å². The van der Waals surface area contributed by atoms with Crippen LogP contribution < -0.4 is 10.1 Å². The summed E-state index contributed by atoms with van der Waals surface area (Å²) in [5.41, 5.74) is 0.145. The maximum atomic E-state index is 12.3. The van der Waals surface area contributed by atoms with E-state index in [0.29, 0.717) is 5.89 Å². The summed E-state index contributed by atoms with van der Waals surface area (Å²) in [6.45, 7) is 1.45. The number of benzene rings is 1. The number of hydrogen-bond acceptors (Lipinski definition) is 5. The van der Waals surface area contributed by atoms with Gasteiger partial charge in [-0.1, -0.05) is 17.3 Å². The van der Waals surface area contributed by atoms with Crippen LogP contribution in [0.5, 0.6) is 5.75 Å². The molecule has 1 fully saturated rings.